The number of carbonyl (C=O) groups excluding carboxylic acids is 1. The number of H-pyrrole nitrogens is 1. The molecular formula is C11H12N4O3S. The van der Waals surface area contributed by atoms with Crippen molar-refractivity contribution in [2.45, 2.75) is 6.54 Å². The fraction of sp³-hybridized carbons (Fsp3) is 0.182. The van der Waals surface area contributed by atoms with Crippen LogP contribution in [0.4, 0.5) is 11.5 Å². The first-order valence-corrected chi connectivity index (χ1v) is 6.23. The van der Waals surface area contributed by atoms with E-state index in [0.29, 0.717) is 12.4 Å². The van der Waals surface area contributed by atoms with Crippen molar-refractivity contribution in [2.24, 2.45) is 0 Å². The van der Waals surface area contributed by atoms with Crippen LogP contribution in [0.1, 0.15) is 16.1 Å². The second kappa shape index (κ2) is 5.53. The summed E-state index contributed by atoms with van der Waals surface area (Å²) in [6, 6.07) is 1.48. The molecule has 0 aliphatic heterocycles. The standard InChI is InChI=1S/C11H12N4O3S/c1-18-10(16)7-2-3-13-9(8(7)12)14-4-6-5-19-11(17)15-6/h2-3,5H,4,12H2,1H3,(H,13,14)(H,15,17). The molecule has 0 amide bonds. The number of nitrogens with zero attached hydrogens (tertiary/aromatic N) is 1. The summed E-state index contributed by atoms with van der Waals surface area (Å²) in [5, 5.41) is 4.66. The van der Waals surface area contributed by atoms with E-state index in [1.54, 1.807) is 5.38 Å². The highest BCUT2D eigenvalue weighted by Crippen LogP contribution is 2.21. The first-order chi connectivity index (χ1) is 9.11. The highest BCUT2D eigenvalue weighted by molar-refractivity contribution is 7.07. The zero-order chi connectivity index (χ0) is 13.8. The third kappa shape index (κ3) is 2.91. The molecule has 0 spiro atoms. The number of nitrogens with two attached hydrogens (primary N) is 1. The summed E-state index contributed by atoms with van der Waals surface area (Å²) in [7, 11) is 1.28. The summed E-state index contributed by atoms with van der Waals surface area (Å²) >= 11 is 1.08. The van der Waals surface area contributed by atoms with Gasteiger partial charge in [0.2, 0.25) is 0 Å². The molecule has 0 fully saturated rings. The van der Waals surface area contributed by atoms with Gasteiger partial charge < -0.3 is 20.8 Å². The number of nitrogens with one attached hydrogen (secondary N) is 2. The van der Waals surface area contributed by atoms with Gasteiger partial charge in [-0.3, -0.25) is 4.79 Å². The number of hydrogen-bond donors (Lipinski definition) is 3. The number of pyridine rings is 1. The molecule has 8 heteroatoms. The van der Waals surface area contributed by atoms with Crippen molar-refractivity contribution in [3.05, 3.63) is 38.6 Å². The Labute approximate surface area is 112 Å². The van der Waals surface area contributed by atoms with E-state index in [4.69, 9.17) is 5.73 Å². The molecule has 0 atom stereocenters. The summed E-state index contributed by atoms with van der Waals surface area (Å²) in [6.07, 6.45) is 1.46. The maximum Gasteiger partial charge on any atom is 0.340 e. The van der Waals surface area contributed by atoms with Crippen LogP contribution in [0, 0.1) is 0 Å². The molecule has 2 aromatic rings. The number of esters is 1. The van der Waals surface area contributed by atoms with Gasteiger partial charge in [0, 0.05) is 17.3 Å². The van der Waals surface area contributed by atoms with Crippen LogP contribution >= 0.6 is 11.3 Å². The predicted octanol–water partition coefficient (Wildman–Crippen LogP) is 0.812. The Morgan fingerprint density at radius 3 is 3.05 bits per heavy atom. The van der Waals surface area contributed by atoms with E-state index in [2.05, 4.69) is 20.0 Å². The summed E-state index contributed by atoms with van der Waals surface area (Å²) in [6.45, 7) is 0.362. The van der Waals surface area contributed by atoms with Gasteiger partial charge in [-0.25, -0.2) is 9.78 Å². The lowest BCUT2D eigenvalue weighted by Crippen LogP contribution is -2.11. The third-order valence-corrected chi connectivity index (χ3v) is 3.13. The molecule has 4 N–H and O–H groups in total. The number of ether oxygens (including phenoxy) is 1. The molecule has 7 nitrogen and oxygen atoms in total. The SMILES string of the molecule is COC(=O)c1ccnc(NCc2csc(=O)[nH]2)c1N. The van der Waals surface area contributed by atoms with Gasteiger partial charge in [0.1, 0.15) is 5.82 Å². The van der Waals surface area contributed by atoms with Crippen LogP contribution < -0.4 is 15.9 Å². The van der Waals surface area contributed by atoms with Crippen molar-refractivity contribution in [1.82, 2.24) is 9.97 Å². The molecular weight excluding hydrogens is 268 g/mol. The number of anilines is 2. The maximum atomic E-state index is 11.5. The number of aromatic amines is 1. The van der Waals surface area contributed by atoms with Gasteiger partial charge >= 0.3 is 10.8 Å². The van der Waals surface area contributed by atoms with Gasteiger partial charge in [-0.2, -0.15) is 0 Å². The van der Waals surface area contributed by atoms with Crippen molar-refractivity contribution >= 4 is 28.8 Å². The lowest BCUT2D eigenvalue weighted by Gasteiger charge is -2.09. The molecule has 0 unspecified atom stereocenters. The van der Waals surface area contributed by atoms with Crippen LogP contribution in [0.25, 0.3) is 0 Å². The quantitative estimate of drug-likeness (QED) is 0.715. The average molecular weight is 280 g/mol. The number of carbonyl (C=O) groups is 1. The summed E-state index contributed by atoms with van der Waals surface area (Å²) < 4.78 is 4.62. The van der Waals surface area contributed by atoms with Crippen LogP contribution in [0.15, 0.2) is 22.4 Å². The fourth-order valence-corrected chi connectivity index (χ4v) is 2.06. The van der Waals surface area contributed by atoms with E-state index >= 15 is 0 Å². The van der Waals surface area contributed by atoms with E-state index in [1.807, 2.05) is 0 Å². The molecule has 0 radical (unpaired) electrons. The Morgan fingerprint density at radius 1 is 1.63 bits per heavy atom. The van der Waals surface area contributed by atoms with E-state index in [0.717, 1.165) is 17.0 Å². The van der Waals surface area contributed by atoms with Crippen LogP contribution in [-0.4, -0.2) is 23.0 Å². The zero-order valence-corrected chi connectivity index (χ0v) is 10.9. The van der Waals surface area contributed by atoms with Crippen LogP contribution in [0.5, 0.6) is 0 Å². The Hall–Kier alpha value is -2.35. The number of rotatable bonds is 4. The third-order valence-electron chi connectivity index (χ3n) is 2.41. The number of hydrogen-bond acceptors (Lipinski definition) is 7. The summed E-state index contributed by atoms with van der Waals surface area (Å²) in [4.78, 5) is 29.0. The minimum absolute atomic E-state index is 0.124. The van der Waals surface area contributed by atoms with Gasteiger partial charge in [0.25, 0.3) is 0 Å². The fourth-order valence-electron chi connectivity index (χ4n) is 1.48. The molecule has 19 heavy (non-hydrogen) atoms. The molecule has 2 rings (SSSR count). The van der Waals surface area contributed by atoms with E-state index in [-0.39, 0.29) is 16.1 Å². The van der Waals surface area contributed by atoms with Gasteiger partial charge in [-0.1, -0.05) is 11.3 Å². The van der Waals surface area contributed by atoms with E-state index < -0.39 is 5.97 Å². The molecule has 0 saturated carbocycles. The lowest BCUT2D eigenvalue weighted by atomic mass is 10.2. The average Bonchev–Trinajstić information content (AvgIpc) is 2.82. The maximum absolute atomic E-state index is 11.5. The van der Waals surface area contributed by atoms with E-state index in [9.17, 15) is 9.59 Å². The van der Waals surface area contributed by atoms with Gasteiger partial charge in [0.05, 0.1) is 24.9 Å². The summed E-state index contributed by atoms with van der Waals surface area (Å²) in [5.74, 6) is -0.151. The largest absolute Gasteiger partial charge is 0.465 e. The monoisotopic (exact) mass is 280 g/mol. The molecule has 0 aliphatic rings. The van der Waals surface area contributed by atoms with Gasteiger partial charge in [0.15, 0.2) is 0 Å². The minimum Gasteiger partial charge on any atom is -0.465 e. The van der Waals surface area contributed by atoms with Gasteiger partial charge in [-0.05, 0) is 6.07 Å². The van der Waals surface area contributed by atoms with Crippen LogP contribution in [0.3, 0.4) is 0 Å². The lowest BCUT2D eigenvalue weighted by molar-refractivity contribution is 0.0602. The Bertz CT molecular complexity index is 649. The first kappa shape index (κ1) is 13.1. The van der Waals surface area contributed by atoms with Crippen LogP contribution in [-0.2, 0) is 11.3 Å². The smallest absolute Gasteiger partial charge is 0.340 e. The normalized spacial score (nSPS) is 10.2. The van der Waals surface area contributed by atoms with Crippen molar-refractivity contribution in [2.75, 3.05) is 18.2 Å². The van der Waals surface area contributed by atoms with Crippen molar-refractivity contribution in [3.63, 3.8) is 0 Å². The molecule has 2 heterocycles. The molecule has 0 aliphatic carbocycles. The van der Waals surface area contributed by atoms with Crippen molar-refractivity contribution in [1.29, 1.82) is 0 Å². The Kier molecular flexibility index (Phi) is 3.81. The molecule has 100 valence electrons. The zero-order valence-electron chi connectivity index (χ0n) is 10.1. The number of thiazole rings is 1. The molecule has 2 aromatic heterocycles. The summed E-state index contributed by atoms with van der Waals surface area (Å²) in [5.41, 5.74) is 7.02. The molecule has 0 aromatic carbocycles. The Morgan fingerprint density at radius 2 is 2.42 bits per heavy atom. The second-order valence-electron chi connectivity index (χ2n) is 3.64. The molecule has 0 saturated heterocycles. The van der Waals surface area contributed by atoms with Crippen LogP contribution in [0.2, 0.25) is 0 Å². The number of nitrogen functional groups attached to an aromatic ring is 1. The first-order valence-electron chi connectivity index (χ1n) is 5.35. The second-order valence-corrected chi connectivity index (χ2v) is 4.48. The minimum atomic E-state index is -0.521. The Balaban J connectivity index is 2.16. The topological polar surface area (TPSA) is 110 Å². The number of methoxy groups -OCH3 is 1. The molecule has 0 bridgehead atoms. The number of aromatic nitrogens is 2. The highest BCUT2D eigenvalue weighted by atomic mass is 32.1. The predicted molar refractivity (Wildman–Crippen MR) is 72.3 cm³/mol. The van der Waals surface area contributed by atoms with Crippen molar-refractivity contribution in [3.8, 4) is 0 Å². The van der Waals surface area contributed by atoms with E-state index in [1.165, 1.54) is 19.4 Å². The van der Waals surface area contributed by atoms with Crippen molar-refractivity contribution < 1.29 is 9.53 Å². The highest BCUT2D eigenvalue weighted by Gasteiger charge is 2.13. The van der Waals surface area contributed by atoms with Gasteiger partial charge in [-0.15, -0.1) is 0 Å².